The third-order valence-corrected chi connectivity index (χ3v) is 4.82. The van der Waals surface area contributed by atoms with Gasteiger partial charge in [0, 0.05) is 6.04 Å². The van der Waals surface area contributed by atoms with Gasteiger partial charge in [0.05, 0.1) is 0 Å². The number of hydrogen-bond donors (Lipinski definition) is 1. The summed E-state index contributed by atoms with van der Waals surface area (Å²) in [5.41, 5.74) is 0. The summed E-state index contributed by atoms with van der Waals surface area (Å²) in [5.74, 6) is 1.33. The van der Waals surface area contributed by atoms with Gasteiger partial charge < -0.3 is 10.2 Å². The van der Waals surface area contributed by atoms with E-state index in [1.54, 1.807) is 0 Å². The van der Waals surface area contributed by atoms with Gasteiger partial charge in [-0.15, -0.1) is 0 Å². The number of hydrogen-bond acceptors (Lipinski definition) is 2. The molecule has 0 aromatic rings. The van der Waals surface area contributed by atoms with Gasteiger partial charge in [-0.2, -0.15) is 0 Å². The first kappa shape index (κ1) is 14.4. The minimum atomic E-state index is -0.324. The summed E-state index contributed by atoms with van der Waals surface area (Å²) in [5, 5.41) is 2.83. The number of amides is 2. The highest BCUT2D eigenvalue weighted by atomic mass is 16.2. The van der Waals surface area contributed by atoms with E-state index in [0.29, 0.717) is 12.3 Å². The van der Waals surface area contributed by atoms with Gasteiger partial charge in [0.2, 0.25) is 11.8 Å². The van der Waals surface area contributed by atoms with Crippen LogP contribution in [0.15, 0.2) is 0 Å². The normalized spacial score (nSPS) is 40.2. The fraction of sp³-hybridized carbons (Fsp3) is 0.867. The monoisotopic (exact) mass is 266 g/mol. The Bertz CT molecular complexity index is 369. The molecular weight excluding hydrogens is 240 g/mol. The smallest absolute Gasteiger partial charge is 0.246 e. The highest BCUT2D eigenvalue weighted by molar-refractivity contribution is 5.96. The third kappa shape index (κ3) is 2.63. The van der Waals surface area contributed by atoms with Crippen LogP contribution in [-0.4, -0.2) is 34.8 Å². The Balaban J connectivity index is 2.20. The van der Waals surface area contributed by atoms with Crippen LogP contribution < -0.4 is 5.32 Å². The summed E-state index contributed by atoms with van der Waals surface area (Å²) in [7, 11) is 0. The summed E-state index contributed by atoms with van der Waals surface area (Å²) in [6.07, 6.45) is 4.01. The predicted molar refractivity (Wildman–Crippen MR) is 74.5 cm³/mol. The second-order valence-electron chi connectivity index (χ2n) is 6.35. The maximum Gasteiger partial charge on any atom is 0.246 e. The number of piperazine rings is 1. The van der Waals surface area contributed by atoms with Gasteiger partial charge in [-0.25, -0.2) is 0 Å². The number of nitrogens with one attached hydrogen (secondary N) is 1. The quantitative estimate of drug-likeness (QED) is 0.830. The molecule has 2 amide bonds. The third-order valence-electron chi connectivity index (χ3n) is 4.82. The van der Waals surface area contributed by atoms with Gasteiger partial charge in [-0.1, -0.05) is 20.8 Å². The minimum absolute atomic E-state index is 0.00253. The van der Waals surface area contributed by atoms with Crippen molar-refractivity contribution < 1.29 is 9.59 Å². The number of carbonyl (C=O) groups is 2. The van der Waals surface area contributed by atoms with Gasteiger partial charge in [0.1, 0.15) is 12.1 Å². The molecule has 0 aromatic carbocycles. The number of rotatable bonds is 2. The summed E-state index contributed by atoms with van der Waals surface area (Å²) in [6, 6.07) is -0.412. The van der Waals surface area contributed by atoms with E-state index in [4.69, 9.17) is 0 Å². The lowest BCUT2D eigenvalue weighted by Gasteiger charge is -2.46. The van der Waals surface area contributed by atoms with Gasteiger partial charge in [-0.3, -0.25) is 9.59 Å². The molecule has 0 bridgehead atoms. The molecule has 0 spiro atoms. The average molecular weight is 266 g/mol. The first-order valence-corrected chi connectivity index (χ1v) is 7.58. The van der Waals surface area contributed by atoms with Crippen molar-refractivity contribution >= 4 is 11.8 Å². The van der Waals surface area contributed by atoms with E-state index < -0.39 is 0 Å². The second-order valence-corrected chi connectivity index (χ2v) is 6.35. The number of carbonyl (C=O) groups excluding carboxylic acids is 2. The van der Waals surface area contributed by atoms with Crippen LogP contribution in [0.25, 0.3) is 0 Å². The molecule has 19 heavy (non-hydrogen) atoms. The molecule has 1 saturated heterocycles. The Morgan fingerprint density at radius 3 is 2.47 bits per heavy atom. The first-order valence-electron chi connectivity index (χ1n) is 7.58. The lowest BCUT2D eigenvalue weighted by Crippen LogP contribution is -2.66. The molecule has 1 heterocycles. The molecule has 5 atom stereocenters. The summed E-state index contributed by atoms with van der Waals surface area (Å²) in [4.78, 5) is 26.5. The number of nitrogens with zero attached hydrogens (tertiary/aromatic N) is 1. The first-order chi connectivity index (χ1) is 8.95. The molecule has 2 fully saturated rings. The zero-order chi connectivity index (χ0) is 14.2. The molecule has 1 aliphatic carbocycles. The Labute approximate surface area is 115 Å². The van der Waals surface area contributed by atoms with Crippen molar-refractivity contribution in [3.8, 4) is 0 Å². The van der Waals surface area contributed by atoms with Crippen molar-refractivity contribution in [2.75, 3.05) is 0 Å². The molecule has 4 heteroatoms. The van der Waals surface area contributed by atoms with Crippen LogP contribution in [0.5, 0.6) is 0 Å². The van der Waals surface area contributed by atoms with Gasteiger partial charge >= 0.3 is 0 Å². The van der Waals surface area contributed by atoms with Crippen molar-refractivity contribution in [2.45, 2.75) is 71.5 Å². The van der Waals surface area contributed by atoms with Crippen LogP contribution >= 0.6 is 0 Å². The Kier molecular flexibility index (Phi) is 4.16. The Morgan fingerprint density at radius 2 is 1.89 bits per heavy atom. The van der Waals surface area contributed by atoms with E-state index in [2.05, 4.69) is 19.2 Å². The Hall–Kier alpha value is -1.06. The zero-order valence-electron chi connectivity index (χ0n) is 12.5. The topological polar surface area (TPSA) is 49.4 Å². The lowest BCUT2D eigenvalue weighted by atomic mass is 9.78. The van der Waals surface area contributed by atoms with E-state index in [-0.39, 0.29) is 29.9 Å². The molecule has 2 rings (SSSR count). The van der Waals surface area contributed by atoms with Gasteiger partial charge in [0.15, 0.2) is 0 Å². The van der Waals surface area contributed by atoms with Gasteiger partial charge in [-0.05, 0) is 44.4 Å². The maximum absolute atomic E-state index is 12.6. The van der Waals surface area contributed by atoms with E-state index >= 15 is 0 Å². The highest BCUT2D eigenvalue weighted by Gasteiger charge is 2.43. The molecule has 4 nitrogen and oxygen atoms in total. The molecule has 2 aliphatic rings. The summed E-state index contributed by atoms with van der Waals surface area (Å²) in [6.45, 7) is 8.29. The van der Waals surface area contributed by atoms with Crippen molar-refractivity contribution in [2.24, 2.45) is 11.8 Å². The molecule has 1 aliphatic heterocycles. The molecule has 108 valence electrons. The molecule has 0 aromatic heterocycles. The van der Waals surface area contributed by atoms with Crippen LogP contribution in [0.3, 0.4) is 0 Å². The second kappa shape index (κ2) is 5.51. The van der Waals surface area contributed by atoms with Crippen LogP contribution in [-0.2, 0) is 9.59 Å². The van der Waals surface area contributed by atoms with Crippen molar-refractivity contribution in [3.63, 3.8) is 0 Å². The standard InChI is InChI=1S/C15H26N2O2/c1-5-12-15(19)17(11(4)14(18)16-12)13-7-6-9(2)8-10(13)3/h9-13H,5-8H2,1-4H3,(H,16,18). The van der Waals surface area contributed by atoms with E-state index in [1.807, 2.05) is 18.7 Å². The van der Waals surface area contributed by atoms with Crippen LogP contribution in [0, 0.1) is 11.8 Å². The Morgan fingerprint density at radius 1 is 1.21 bits per heavy atom. The fourth-order valence-electron chi connectivity index (χ4n) is 3.64. The molecule has 0 radical (unpaired) electrons. The molecule has 5 unspecified atom stereocenters. The minimum Gasteiger partial charge on any atom is -0.343 e. The van der Waals surface area contributed by atoms with Crippen molar-refractivity contribution in [3.05, 3.63) is 0 Å². The highest BCUT2D eigenvalue weighted by Crippen LogP contribution is 2.34. The SMILES string of the molecule is CCC1NC(=O)C(C)N(C2CCC(C)CC2C)C1=O. The maximum atomic E-state index is 12.6. The largest absolute Gasteiger partial charge is 0.343 e. The van der Waals surface area contributed by atoms with Crippen molar-refractivity contribution in [1.29, 1.82) is 0 Å². The van der Waals surface area contributed by atoms with Crippen LogP contribution in [0.4, 0.5) is 0 Å². The predicted octanol–water partition coefficient (Wildman–Crippen LogP) is 1.94. The summed E-state index contributed by atoms with van der Waals surface area (Å²) >= 11 is 0. The summed E-state index contributed by atoms with van der Waals surface area (Å²) < 4.78 is 0. The van der Waals surface area contributed by atoms with E-state index in [1.165, 1.54) is 0 Å². The van der Waals surface area contributed by atoms with Crippen LogP contribution in [0.1, 0.15) is 53.4 Å². The molecule has 1 N–H and O–H groups in total. The average Bonchev–Trinajstić information content (AvgIpc) is 2.36. The zero-order valence-corrected chi connectivity index (χ0v) is 12.5. The van der Waals surface area contributed by atoms with Crippen LogP contribution in [0.2, 0.25) is 0 Å². The molecular formula is C15H26N2O2. The van der Waals surface area contributed by atoms with E-state index in [0.717, 1.165) is 25.2 Å². The van der Waals surface area contributed by atoms with Gasteiger partial charge in [0.25, 0.3) is 0 Å². The lowest BCUT2D eigenvalue weighted by molar-refractivity contribution is -0.153. The fourth-order valence-corrected chi connectivity index (χ4v) is 3.64. The van der Waals surface area contributed by atoms with Crippen molar-refractivity contribution in [1.82, 2.24) is 10.2 Å². The van der Waals surface area contributed by atoms with E-state index in [9.17, 15) is 9.59 Å². The molecule has 1 saturated carbocycles.